The van der Waals surface area contributed by atoms with Crippen molar-refractivity contribution >= 4 is 43.5 Å². The number of esters is 1. The quantitative estimate of drug-likeness (QED) is 0.810. The van der Waals surface area contributed by atoms with Crippen molar-refractivity contribution in [2.75, 3.05) is 13.7 Å². The van der Waals surface area contributed by atoms with Crippen LogP contribution in [0.4, 0.5) is 4.39 Å². The zero-order valence-corrected chi connectivity index (χ0v) is 12.0. The van der Waals surface area contributed by atoms with Crippen LogP contribution in [-0.4, -0.2) is 24.7 Å². The van der Waals surface area contributed by atoms with Gasteiger partial charge in [0.25, 0.3) is 0 Å². The number of carbonyl (C=O) groups excluding carboxylic acids is 1. The summed E-state index contributed by atoms with van der Waals surface area (Å²) in [6.07, 6.45) is 0. The van der Waals surface area contributed by atoms with Gasteiger partial charge in [0.1, 0.15) is 0 Å². The number of hydrogen-bond donors (Lipinski definition) is 0. The van der Waals surface area contributed by atoms with Crippen molar-refractivity contribution in [2.24, 2.45) is 0 Å². The van der Waals surface area contributed by atoms with E-state index in [4.69, 9.17) is 4.74 Å². The number of benzene rings is 1. The predicted octanol–water partition coefficient (Wildman–Crippen LogP) is 3.06. The van der Waals surface area contributed by atoms with E-state index in [-0.39, 0.29) is 12.4 Å². The smallest absolute Gasteiger partial charge is 0.343 e. The van der Waals surface area contributed by atoms with E-state index >= 15 is 0 Å². The second kappa shape index (κ2) is 5.19. The number of carbonyl (C=O) groups is 1. The van der Waals surface area contributed by atoms with Crippen LogP contribution in [0.1, 0.15) is 5.56 Å². The first-order valence-corrected chi connectivity index (χ1v) is 6.58. The molecule has 0 aliphatic rings. The molecular formula is C11H9BrFNO3S. The third kappa shape index (κ3) is 2.46. The Labute approximate surface area is 115 Å². The summed E-state index contributed by atoms with van der Waals surface area (Å²) < 4.78 is 25.0. The normalized spacial score (nSPS) is 10.7. The highest BCUT2D eigenvalue weighted by molar-refractivity contribution is 9.11. The minimum Gasteiger partial charge on any atom is -0.479 e. The summed E-state index contributed by atoms with van der Waals surface area (Å²) in [5.41, 5.74) is 0.990. The molecule has 0 saturated carbocycles. The molecule has 0 fully saturated rings. The van der Waals surface area contributed by atoms with E-state index in [1.54, 1.807) is 6.92 Å². The van der Waals surface area contributed by atoms with E-state index in [2.05, 4.69) is 25.7 Å². The van der Waals surface area contributed by atoms with Crippen LogP contribution >= 0.6 is 27.3 Å². The Morgan fingerprint density at radius 1 is 1.61 bits per heavy atom. The topological polar surface area (TPSA) is 48.4 Å². The Kier molecular flexibility index (Phi) is 3.82. The number of thiazole rings is 1. The van der Waals surface area contributed by atoms with Crippen LogP contribution in [0.3, 0.4) is 0 Å². The fraction of sp³-hybridized carbons (Fsp3) is 0.273. The van der Waals surface area contributed by atoms with Crippen LogP contribution in [0.25, 0.3) is 10.2 Å². The Hall–Kier alpha value is -1.21. The van der Waals surface area contributed by atoms with Crippen LogP contribution in [0.15, 0.2) is 9.98 Å². The minimum atomic E-state index is -0.558. The Bertz CT molecular complexity index is 614. The van der Waals surface area contributed by atoms with Gasteiger partial charge in [-0.3, -0.25) is 0 Å². The van der Waals surface area contributed by atoms with Crippen LogP contribution in [0.2, 0.25) is 0 Å². The molecule has 0 radical (unpaired) electrons. The number of aromatic nitrogens is 1. The molecular weight excluding hydrogens is 325 g/mol. The molecule has 1 aromatic carbocycles. The van der Waals surface area contributed by atoms with E-state index in [9.17, 15) is 9.18 Å². The second-order valence-corrected chi connectivity index (χ2v) is 5.80. The first kappa shape index (κ1) is 13.2. The average Bonchev–Trinajstić information content (AvgIpc) is 2.72. The molecule has 0 bridgehead atoms. The zero-order chi connectivity index (χ0) is 13.3. The molecule has 0 unspecified atom stereocenters. The lowest BCUT2D eigenvalue weighted by Crippen LogP contribution is -2.13. The summed E-state index contributed by atoms with van der Waals surface area (Å²) in [5, 5.41) is 0. The first-order valence-electron chi connectivity index (χ1n) is 4.97. The number of ether oxygens (including phenoxy) is 2. The van der Waals surface area contributed by atoms with Crippen LogP contribution < -0.4 is 4.74 Å². The molecule has 18 heavy (non-hydrogen) atoms. The molecule has 0 atom stereocenters. The van der Waals surface area contributed by atoms with E-state index in [1.165, 1.54) is 24.5 Å². The van der Waals surface area contributed by atoms with Gasteiger partial charge in [-0.05, 0) is 22.9 Å². The molecule has 2 aromatic rings. The molecule has 4 nitrogen and oxygen atoms in total. The van der Waals surface area contributed by atoms with Gasteiger partial charge < -0.3 is 9.47 Å². The SMILES string of the molecule is COC(=O)COc1cc2sc(Br)nc2c(C)c1F. The van der Waals surface area contributed by atoms with Gasteiger partial charge in [-0.1, -0.05) is 0 Å². The van der Waals surface area contributed by atoms with Crippen molar-refractivity contribution in [3.8, 4) is 5.75 Å². The minimum absolute atomic E-state index is 0.0292. The molecule has 2 rings (SSSR count). The van der Waals surface area contributed by atoms with Crippen molar-refractivity contribution in [1.29, 1.82) is 0 Å². The number of aryl methyl sites for hydroxylation is 1. The lowest BCUT2D eigenvalue weighted by atomic mass is 10.2. The molecule has 0 N–H and O–H groups in total. The number of hydrogen-bond acceptors (Lipinski definition) is 5. The van der Waals surface area contributed by atoms with Crippen molar-refractivity contribution in [3.63, 3.8) is 0 Å². The third-order valence-corrected chi connectivity index (χ3v) is 3.82. The molecule has 1 heterocycles. The first-order chi connectivity index (χ1) is 8.52. The van der Waals surface area contributed by atoms with Gasteiger partial charge in [0.15, 0.2) is 22.1 Å². The summed E-state index contributed by atoms with van der Waals surface area (Å²) in [6.45, 7) is 1.30. The van der Waals surface area contributed by atoms with E-state index in [1.807, 2.05) is 0 Å². The van der Waals surface area contributed by atoms with E-state index < -0.39 is 11.8 Å². The molecule has 0 amide bonds. The maximum Gasteiger partial charge on any atom is 0.343 e. The van der Waals surface area contributed by atoms with Crippen LogP contribution in [-0.2, 0) is 9.53 Å². The zero-order valence-electron chi connectivity index (χ0n) is 9.62. The summed E-state index contributed by atoms with van der Waals surface area (Å²) in [7, 11) is 1.25. The lowest BCUT2D eigenvalue weighted by Gasteiger charge is -2.07. The monoisotopic (exact) mass is 333 g/mol. The maximum absolute atomic E-state index is 14.0. The highest BCUT2D eigenvalue weighted by Gasteiger charge is 2.15. The van der Waals surface area contributed by atoms with Gasteiger partial charge >= 0.3 is 5.97 Å². The third-order valence-electron chi connectivity index (χ3n) is 2.36. The largest absolute Gasteiger partial charge is 0.479 e. The molecule has 0 saturated heterocycles. The number of rotatable bonds is 3. The van der Waals surface area contributed by atoms with Gasteiger partial charge in [0, 0.05) is 11.6 Å². The van der Waals surface area contributed by atoms with Crippen molar-refractivity contribution in [3.05, 3.63) is 21.4 Å². The number of nitrogens with zero attached hydrogens (tertiary/aromatic N) is 1. The number of fused-ring (bicyclic) bond motifs is 1. The van der Waals surface area contributed by atoms with Crippen molar-refractivity contribution in [1.82, 2.24) is 4.98 Å². The van der Waals surface area contributed by atoms with Crippen molar-refractivity contribution < 1.29 is 18.7 Å². The standard InChI is InChI=1S/C11H9BrFNO3S/c1-5-9(13)6(17-4-8(15)16-2)3-7-10(5)14-11(12)18-7/h3H,4H2,1-2H3. The molecule has 1 aromatic heterocycles. The Balaban J connectivity index is 2.38. The van der Waals surface area contributed by atoms with E-state index in [0.29, 0.717) is 15.0 Å². The molecule has 0 spiro atoms. The molecule has 96 valence electrons. The van der Waals surface area contributed by atoms with Gasteiger partial charge in [-0.15, -0.1) is 11.3 Å². The average molecular weight is 334 g/mol. The lowest BCUT2D eigenvalue weighted by molar-refractivity contribution is -0.142. The highest BCUT2D eigenvalue weighted by Crippen LogP contribution is 2.34. The number of methoxy groups -OCH3 is 1. The van der Waals surface area contributed by atoms with Crippen molar-refractivity contribution in [2.45, 2.75) is 6.92 Å². The van der Waals surface area contributed by atoms with Gasteiger partial charge in [-0.25, -0.2) is 14.2 Å². The maximum atomic E-state index is 14.0. The van der Waals surface area contributed by atoms with Gasteiger partial charge in [0.05, 0.1) is 17.3 Å². The Morgan fingerprint density at radius 2 is 2.33 bits per heavy atom. The molecule has 0 aliphatic heterocycles. The summed E-state index contributed by atoms with van der Waals surface area (Å²) in [6, 6.07) is 1.53. The van der Waals surface area contributed by atoms with Gasteiger partial charge in [0.2, 0.25) is 0 Å². The van der Waals surface area contributed by atoms with Crippen LogP contribution in [0, 0.1) is 12.7 Å². The fourth-order valence-electron chi connectivity index (χ4n) is 1.44. The molecule has 7 heteroatoms. The summed E-state index contributed by atoms with van der Waals surface area (Å²) in [5.74, 6) is -1.04. The van der Waals surface area contributed by atoms with E-state index in [0.717, 1.165) is 4.70 Å². The highest BCUT2D eigenvalue weighted by atomic mass is 79.9. The van der Waals surface area contributed by atoms with Crippen LogP contribution in [0.5, 0.6) is 5.75 Å². The molecule has 0 aliphatic carbocycles. The summed E-state index contributed by atoms with van der Waals surface area (Å²) >= 11 is 4.62. The van der Waals surface area contributed by atoms with Gasteiger partial charge in [-0.2, -0.15) is 0 Å². The predicted molar refractivity (Wildman–Crippen MR) is 69.5 cm³/mol. The second-order valence-electron chi connectivity index (χ2n) is 3.49. The number of halogens is 2. The summed E-state index contributed by atoms with van der Waals surface area (Å²) in [4.78, 5) is 15.1. The fourth-order valence-corrected chi connectivity index (χ4v) is 2.92. The Morgan fingerprint density at radius 3 is 3.00 bits per heavy atom.